The number of benzene rings is 5. The average Bonchev–Trinajstić information content (AvgIpc) is 2.87. The van der Waals surface area contributed by atoms with E-state index >= 15 is 0 Å². The van der Waals surface area contributed by atoms with Gasteiger partial charge < -0.3 is 10.4 Å². The number of aryl methyl sites for hydroxylation is 1. The van der Waals surface area contributed by atoms with E-state index in [-0.39, 0.29) is 6.04 Å². The highest BCUT2D eigenvalue weighted by atomic mass is 16.4. The highest BCUT2D eigenvalue weighted by Gasteiger charge is 2.15. The van der Waals surface area contributed by atoms with Gasteiger partial charge in [0.25, 0.3) is 0 Å². The van der Waals surface area contributed by atoms with Crippen molar-refractivity contribution in [2.24, 2.45) is 0 Å². The Hall–Kier alpha value is -3.95. The highest BCUT2D eigenvalue weighted by Crippen LogP contribution is 2.33. The molecule has 0 unspecified atom stereocenters. The fraction of sp³-hybridized carbons (Fsp3) is 0.156. The number of hydrogen-bond donors (Lipinski definition) is 2. The van der Waals surface area contributed by atoms with Crippen LogP contribution in [0.15, 0.2) is 91.0 Å². The number of carbonyl (C=O) groups is 1. The molecule has 0 bridgehead atoms. The number of carboxylic acids is 1. The predicted molar refractivity (Wildman–Crippen MR) is 145 cm³/mol. The molecule has 2 N–H and O–H groups in total. The molecule has 0 heterocycles. The van der Waals surface area contributed by atoms with Crippen LogP contribution in [0.3, 0.4) is 0 Å². The molecule has 0 aliphatic carbocycles. The van der Waals surface area contributed by atoms with Crippen molar-refractivity contribution in [3.8, 4) is 11.1 Å². The third-order valence-electron chi connectivity index (χ3n) is 7.03. The lowest BCUT2D eigenvalue weighted by Crippen LogP contribution is -2.18. The Labute approximate surface area is 206 Å². The zero-order valence-electron chi connectivity index (χ0n) is 20.3. The van der Waals surface area contributed by atoms with Crippen LogP contribution in [0.25, 0.3) is 32.7 Å². The Kier molecular flexibility index (Phi) is 6.10. The van der Waals surface area contributed by atoms with Gasteiger partial charge in [-0.05, 0) is 93.9 Å². The zero-order valence-corrected chi connectivity index (χ0v) is 20.3. The van der Waals surface area contributed by atoms with Crippen LogP contribution < -0.4 is 5.32 Å². The second-order valence-corrected chi connectivity index (χ2v) is 9.31. The van der Waals surface area contributed by atoms with Gasteiger partial charge in [0.1, 0.15) is 0 Å². The first-order valence-electron chi connectivity index (χ1n) is 12.0. The molecule has 174 valence electrons. The van der Waals surface area contributed by atoms with Crippen molar-refractivity contribution in [2.75, 3.05) is 0 Å². The molecule has 5 rings (SSSR count). The van der Waals surface area contributed by atoms with Gasteiger partial charge in [0, 0.05) is 12.6 Å². The first kappa shape index (κ1) is 22.8. The Bertz CT molecular complexity index is 1560. The Morgan fingerprint density at radius 3 is 2.29 bits per heavy atom. The molecule has 5 aromatic rings. The summed E-state index contributed by atoms with van der Waals surface area (Å²) in [6, 6.07) is 31.7. The van der Waals surface area contributed by atoms with Crippen molar-refractivity contribution in [2.45, 2.75) is 33.4 Å². The number of carboxylic acid groups (broad SMARTS) is 1. The van der Waals surface area contributed by atoms with Gasteiger partial charge in [0.05, 0.1) is 5.56 Å². The molecule has 0 amide bonds. The second-order valence-electron chi connectivity index (χ2n) is 9.31. The number of aromatic carboxylic acids is 1. The largest absolute Gasteiger partial charge is 0.478 e. The number of hydrogen-bond acceptors (Lipinski definition) is 2. The number of rotatable bonds is 6. The molecule has 5 aromatic carbocycles. The fourth-order valence-corrected chi connectivity index (χ4v) is 4.96. The highest BCUT2D eigenvalue weighted by molar-refractivity contribution is 5.99. The standard InChI is InChI=1S/C32H29NO2/c1-20-15-26(18-30(21(20)2)32(34)35)31-17-23(16-25-10-5-7-13-29(25)31)19-33-22(3)27-14-8-11-24-9-4-6-12-28(24)27/h4-18,22,33H,19H2,1-3H3,(H,34,35)/t22-/m1/s1. The Balaban J connectivity index is 1.52. The quantitative estimate of drug-likeness (QED) is 0.272. The van der Waals surface area contributed by atoms with Crippen molar-refractivity contribution in [1.29, 1.82) is 0 Å². The van der Waals surface area contributed by atoms with E-state index in [0.29, 0.717) is 12.1 Å². The van der Waals surface area contributed by atoms with E-state index in [0.717, 1.165) is 33.0 Å². The molecule has 0 spiro atoms. The minimum absolute atomic E-state index is 0.177. The normalized spacial score (nSPS) is 12.2. The molecule has 0 saturated carbocycles. The molecule has 0 aliphatic rings. The molecular weight excluding hydrogens is 430 g/mol. The van der Waals surface area contributed by atoms with Crippen molar-refractivity contribution in [3.63, 3.8) is 0 Å². The summed E-state index contributed by atoms with van der Waals surface area (Å²) in [5.41, 5.74) is 6.60. The summed E-state index contributed by atoms with van der Waals surface area (Å²) in [6.45, 7) is 6.76. The van der Waals surface area contributed by atoms with Gasteiger partial charge in [0.2, 0.25) is 0 Å². The summed E-state index contributed by atoms with van der Waals surface area (Å²) in [5, 5.41) is 18.2. The fourth-order valence-electron chi connectivity index (χ4n) is 4.96. The van der Waals surface area contributed by atoms with Gasteiger partial charge in [-0.25, -0.2) is 4.79 Å². The lowest BCUT2D eigenvalue weighted by molar-refractivity contribution is 0.0696. The zero-order chi connectivity index (χ0) is 24.5. The van der Waals surface area contributed by atoms with E-state index in [1.807, 2.05) is 32.0 Å². The van der Waals surface area contributed by atoms with Crippen LogP contribution in [-0.4, -0.2) is 11.1 Å². The van der Waals surface area contributed by atoms with E-state index in [1.54, 1.807) is 0 Å². The SMILES string of the molecule is Cc1cc(-c2cc(CN[C@H](C)c3cccc4ccccc34)cc3ccccc23)cc(C(=O)O)c1C. The summed E-state index contributed by atoms with van der Waals surface area (Å²) in [4.78, 5) is 11.9. The summed E-state index contributed by atoms with van der Waals surface area (Å²) < 4.78 is 0. The van der Waals surface area contributed by atoms with Crippen LogP contribution in [-0.2, 0) is 6.54 Å². The van der Waals surface area contributed by atoms with Crippen molar-refractivity contribution in [3.05, 3.63) is 119 Å². The topological polar surface area (TPSA) is 49.3 Å². The number of fused-ring (bicyclic) bond motifs is 2. The van der Waals surface area contributed by atoms with Crippen LogP contribution in [0, 0.1) is 13.8 Å². The lowest BCUT2D eigenvalue weighted by atomic mass is 9.91. The molecule has 0 radical (unpaired) electrons. The first-order chi connectivity index (χ1) is 16.9. The third-order valence-corrected chi connectivity index (χ3v) is 7.03. The van der Waals surface area contributed by atoms with Crippen LogP contribution in [0.4, 0.5) is 0 Å². The van der Waals surface area contributed by atoms with Gasteiger partial charge >= 0.3 is 5.97 Å². The molecule has 0 saturated heterocycles. The smallest absolute Gasteiger partial charge is 0.335 e. The molecule has 1 atom stereocenters. The molecule has 0 aliphatic heterocycles. The van der Waals surface area contributed by atoms with Crippen LogP contribution in [0.1, 0.15) is 45.6 Å². The maximum absolute atomic E-state index is 11.9. The lowest BCUT2D eigenvalue weighted by Gasteiger charge is -2.18. The van der Waals surface area contributed by atoms with E-state index in [1.165, 1.54) is 21.9 Å². The van der Waals surface area contributed by atoms with Crippen molar-refractivity contribution >= 4 is 27.5 Å². The predicted octanol–water partition coefficient (Wildman–Crippen LogP) is 7.83. The van der Waals surface area contributed by atoms with Crippen molar-refractivity contribution < 1.29 is 9.90 Å². The maximum Gasteiger partial charge on any atom is 0.335 e. The first-order valence-corrected chi connectivity index (χ1v) is 12.0. The molecule has 3 heteroatoms. The summed E-state index contributed by atoms with van der Waals surface area (Å²) in [5.74, 6) is -0.890. The molecule has 3 nitrogen and oxygen atoms in total. The average molecular weight is 460 g/mol. The number of nitrogens with one attached hydrogen (secondary N) is 1. The monoisotopic (exact) mass is 459 g/mol. The maximum atomic E-state index is 11.9. The minimum Gasteiger partial charge on any atom is -0.478 e. The van der Waals surface area contributed by atoms with Gasteiger partial charge in [0.15, 0.2) is 0 Å². The van der Waals surface area contributed by atoms with Crippen LogP contribution in [0.5, 0.6) is 0 Å². The van der Waals surface area contributed by atoms with E-state index in [2.05, 4.69) is 85.0 Å². The summed E-state index contributed by atoms with van der Waals surface area (Å²) in [7, 11) is 0. The van der Waals surface area contributed by atoms with Crippen molar-refractivity contribution in [1.82, 2.24) is 5.32 Å². The minimum atomic E-state index is -0.890. The third kappa shape index (κ3) is 4.43. The molecule has 0 aromatic heterocycles. The van der Waals surface area contributed by atoms with Gasteiger partial charge in [-0.1, -0.05) is 72.8 Å². The molecule has 0 fully saturated rings. The summed E-state index contributed by atoms with van der Waals surface area (Å²) >= 11 is 0. The Morgan fingerprint density at radius 2 is 1.51 bits per heavy atom. The van der Waals surface area contributed by atoms with Gasteiger partial charge in [-0.2, -0.15) is 0 Å². The van der Waals surface area contributed by atoms with E-state index in [9.17, 15) is 9.90 Å². The second kappa shape index (κ2) is 9.36. The van der Waals surface area contributed by atoms with E-state index < -0.39 is 5.97 Å². The molecular formula is C32H29NO2. The van der Waals surface area contributed by atoms with Gasteiger partial charge in [-0.3, -0.25) is 0 Å². The van der Waals surface area contributed by atoms with Crippen LogP contribution >= 0.6 is 0 Å². The summed E-state index contributed by atoms with van der Waals surface area (Å²) in [6.07, 6.45) is 0. The van der Waals surface area contributed by atoms with Gasteiger partial charge in [-0.15, -0.1) is 0 Å². The van der Waals surface area contributed by atoms with Crippen LogP contribution in [0.2, 0.25) is 0 Å². The van der Waals surface area contributed by atoms with E-state index in [4.69, 9.17) is 0 Å². The molecule has 35 heavy (non-hydrogen) atoms. The Morgan fingerprint density at radius 1 is 0.829 bits per heavy atom.